The molecule has 1 aromatic carbocycles. The number of benzene rings is 1. The summed E-state index contributed by atoms with van der Waals surface area (Å²) in [6, 6.07) is 3.23. The van der Waals surface area contributed by atoms with Gasteiger partial charge in [0, 0.05) is 11.5 Å². The van der Waals surface area contributed by atoms with Gasteiger partial charge in [-0.15, -0.1) is 0 Å². The van der Waals surface area contributed by atoms with E-state index in [0.717, 1.165) is 17.0 Å². The molecule has 0 aromatic heterocycles. The fourth-order valence-corrected chi connectivity index (χ4v) is 1.98. The molecule has 0 aliphatic rings. The van der Waals surface area contributed by atoms with Crippen LogP contribution in [0.2, 0.25) is 0 Å². The number of hydrogen-bond acceptors (Lipinski definition) is 3. The first-order valence-corrected chi connectivity index (χ1v) is 6.74. The molecule has 0 atom stereocenters. The van der Waals surface area contributed by atoms with Gasteiger partial charge in [-0.2, -0.15) is 13.2 Å². The molecule has 0 radical (unpaired) electrons. The molecule has 0 unspecified atom stereocenters. The minimum Gasteiger partial charge on any atom is -0.465 e. The normalized spacial score (nSPS) is 11.1. The van der Waals surface area contributed by atoms with Gasteiger partial charge in [-0.05, 0) is 25.1 Å². The second kappa shape index (κ2) is 6.93. The van der Waals surface area contributed by atoms with E-state index in [1.807, 2.05) is 0 Å². The Morgan fingerprint density at radius 2 is 1.95 bits per heavy atom. The molecule has 0 N–H and O–H groups in total. The Hall–Kier alpha value is -1.57. The third-order valence-corrected chi connectivity index (χ3v) is 3.03. The first-order chi connectivity index (χ1) is 9.66. The molecule has 0 saturated carbocycles. The fraction of sp³-hybridized carbons (Fsp3) is 0.385. The van der Waals surface area contributed by atoms with E-state index in [1.54, 1.807) is 6.92 Å². The molecular formula is C13H13BrF3NO3. The summed E-state index contributed by atoms with van der Waals surface area (Å²) < 4.78 is 43.7. The fourth-order valence-electron chi connectivity index (χ4n) is 1.62. The lowest BCUT2D eigenvalue weighted by molar-refractivity contribution is -0.143. The van der Waals surface area contributed by atoms with E-state index in [2.05, 4.69) is 20.7 Å². The molecule has 116 valence electrons. The smallest absolute Gasteiger partial charge is 0.417 e. The summed E-state index contributed by atoms with van der Waals surface area (Å²) >= 11 is 2.94. The summed E-state index contributed by atoms with van der Waals surface area (Å²) in [7, 11) is 1.24. The van der Waals surface area contributed by atoms with Gasteiger partial charge in [0.25, 0.3) is 5.91 Å². The first kappa shape index (κ1) is 17.5. The predicted molar refractivity (Wildman–Crippen MR) is 72.7 cm³/mol. The number of halogens is 4. The lowest BCUT2D eigenvalue weighted by atomic mass is 10.1. The zero-order valence-corrected chi connectivity index (χ0v) is 12.9. The van der Waals surface area contributed by atoms with E-state index in [9.17, 15) is 22.8 Å². The van der Waals surface area contributed by atoms with Crippen molar-refractivity contribution in [2.45, 2.75) is 13.1 Å². The number of amides is 1. The van der Waals surface area contributed by atoms with Crippen LogP contribution in [0.5, 0.6) is 0 Å². The molecule has 0 aliphatic heterocycles. The van der Waals surface area contributed by atoms with Gasteiger partial charge >= 0.3 is 12.1 Å². The van der Waals surface area contributed by atoms with Gasteiger partial charge in [0.2, 0.25) is 0 Å². The van der Waals surface area contributed by atoms with Crippen molar-refractivity contribution >= 4 is 27.8 Å². The summed E-state index contributed by atoms with van der Waals surface area (Å²) in [4.78, 5) is 24.2. The summed E-state index contributed by atoms with van der Waals surface area (Å²) in [5.74, 6) is -1.58. The van der Waals surface area contributed by atoms with Crippen LogP contribution < -0.4 is 0 Å². The Kier molecular flexibility index (Phi) is 5.77. The van der Waals surface area contributed by atoms with E-state index >= 15 is 0 Å². The molecule has 8 heteroatoms. The van der Waals surface area contributed by atoms with Crippen LogP contribution >= 0.6 is 15.9 Å². The Labute approximate surface area is 128 Å². The Morgan fingerprint density at radius 3 is 2.48 bits per heavy atom. The monoisotopic (exact) mass is 367 g/mol. The number of nitrogens with zero attached hydrogens (tertiary/aromatic N) is 1. The van der Waals surface area contributed by atoms with E-state index < -0.39 is 35.7 Å². The maximum atomic E-state index is 13.0. The highest BCUT2D eigenvalue weighted by Crippen LogP contribution is 2.34. The molecule has 0 bridgehead atoms. The Morgan fingerprint density at radius 1 is 1.33 bits per heavy atom. The van der Waals surface area contributed by atoms with Crippen molar-refractivity contribution in [3.8, 4) is 0 Å². The molecule has 0 saturated heterocycles. The van der Waals surface area contributed by atoms with Crippen molar-refractivity contribution < 1.29 is 27.5 Å². The molecule has 1 aromatic rings. The lowest BCUT2D eigenvalue weighted by Gasteiger charge is -2.19. The number of alkyl halides is 3. The number of carbonyl (C=O) groups is 2. The minimum atomic E-state index is -4.67. The molecule has 1 amide bonds. The van der Waals surface area contributed by atoms with Gasteiger partial charge < -0.3 is 9.64 Å². The van der Waals surface area contributed by atoms with Gasteiger partial charge in [-0.1, -0.05) is 15.9 Å². The second-order valence-corrected chi connectivity index (χ2v) is 5.07. The SMILES string of the molecule is CCOC(=O)CN(C)C(=O)c1ccc(Br)cc1C(F)(F)F. The molecule has 0 aliphatic carbocycles. The highest BCUT2D eigenvalue weighted by molar-refractivity contribution is 9.10. The lowest BCUT2D eigenvalue weighted by Crippen LogP contribution is -2.34. The summed E-state index contributed by atoms with van der Waals surface area (Å²) in [6.45, 7) is 1.31. The van der Waals surface area contributed by atoms with Crippen molar-refractivity contribution in [1.82, 2.24) is 4.90 Å². The van der Waals surface area contributed by atoms with E-state index in [-0.39, 0.29) is 11.1 Å². The van der Waals surface area contributed by atoms with Crippen LogP contribution in [-0.4, -0.2) is 37.0 Å². The van der Waals surface area contributed by atoms with Crippen LogP contribution in [0.15, 0.2) is 22.7 Å². The van der Waals surface area contributed by atoms with Gasteiger partial charge in [0.1, 0.15) is 6.54 Å². The van der Waals surface area contributed by atoms with Crippen LogP contribution in [-0.2, 0) is 15.7 Å². The van der Waals surface area contributed by atoms with Crippen molar-refractivity contribution in [3.05, 3.63) is 33.8 Å². The highest BCUT2D eigenvalue weighted by Gasteiger charge is 2.36. The molecule has 4 nitrogen and oxygen atoms in total. The number of likely N-dealkylation sites (N-methyl/N-ethyl adjacent to an activating group) is 1. The number of esters is 1. The van der Waals surface area contributed by atoms with Gasteiger partial charge in [0.15, 0.2) is 0 Å². The number of rotatable bonds is 4. The quantitative estimate of drug-likeness (QED) is 0.768. The average Bonchev–Trinajstić information content (AvgIpc) is 2.37. The largest absolute Gasteiger partial charge is 0.465 e. The predicted octanol–water partition coefficient (Wildman–Crippen LogP) is 3.10. The highest BCUT2D eigenvalue weighted by atomic mass is 79.9. The summed E-state index contributed by atoms with van der Waals surface area (Å²) in [6.07, 6.45) is -4.67. The molecule has 0 fully saturated rings. The van der Waals surface area contributed by atoms with E-state index in [4.69, 9.17) is 0 Å². The zero-order valence-electron chi connectivity index (χ0n) is 11.3. The van der Waals surface area contributed by atoms with Gasteiger partial charge in [-0.25, -0.2) is 0 Å². The molecule has 21 heavy (non-hydrogen) atoms. The molecule has 1 rings (SSSR count). The van der Waals surface area contributed by atoms with Crippen LogP contribution in [0.4, 0.5) is 13.2 Å². The zero-order chi connectivity index (χ0) is 16.2. The van der Waals surface area contributed by atoms with Crippen LogP contribution in [0.1, 0.15) is 22.8 Å². The first-order valence-electron chi connectivity index (χ1n) is 5.94. The number of hydrogen-bond donors (Lipinski definition) is 0. The molecule has 0 spiro atoms. The Balaban J connectivity index is 3.05. The maximum Gasteiger partial charge on any atom is 0.417 e. The number of carbonyl (C=O) groups excluding carboxylic acids is 2. The third-order valence-electron chi connectivity index (χ3n) is 2.54. The van der Waals surface area contributed by atoms with E-state index in [1.165, 1.54) is 13.1 Å². The van der Waals surface area contributed by atoms with Gasteiger partial charge in [-0.3, -0.25) is 9.59 Å². The van der Waals surface area contributed by atoms with Gasteiger partial charge in [0.05, 0.1) is 17.7 Å². The average molecular weight is 368 g/mol. The maximum absolute atomic E-state index is 13.0. The summed E-state index contributed by atoms with van der Waals surface area (Å²) in [5, 5.41) is 0. The Bertz CT molecular complexity index is 546. The van der Waals surface area contributed by atoms with Crippen LogP contribution in [0.25, 0.3) is 0 Å². The van der Waals surface area contributed by atoms with E-state index in [0.29, 0.717) is 0 Å². The molecule has 0 heterocycles. The number of ether oxygens (including phenoxy) is 1. The van der Waals surface area contributed by atoms with Crippen molar-refractivity contribution in [2.75, 3.05) is 20.2 Å². The minimum absolute atomic E-state index is 0.132. The van der Waals surface area contributed by atoms with Crippen molar-refractivity contribution in [3.63, 3.8) is 0 Å². The summed E-state index contributed by atoms with van der Waals surface area (Å²) in [5.41, 5.74) is -1.57. The van der Waals surface area contributed by atoms with Crippen molar-refractivity contribution in [2.24, 2.45) is 0 Å². The van der Waals surface area contributed by atoms with Crippen LogP contribution in [0.3, 0.4) is 0 Å². The van der Waals surface area contributed by atoms with Crippen LogP contribution in [0, 0.1) is 0 Å². The molecular weight excluding hydrogens is 355 g/mol. The standard InChI is InChI=1S/C13H13BrF3NO3/c1-3-21-11(19)7-18(2)12(20)9-5-4-8(14)6-10(9)13(15,16)17/h4-6H,3,7H2,1-2H3. The third kappa shape index (κ3) is 4.73. The van der Waals surface area contributed by atoms with Crippen molar-refractivity contribution in [1.29, 1.82) is 0 Å². The topological polar surface area (TPSA) is 46.6 Å². The second-order valence-electron chi connectivity index (χ2n) is 4.15.